The summed E-state index contributed by atoms with van der Waals surface area (Å²) in [6.07, 6.45) is 32.1. The fourth-order valence-corrected chi connectivity index (χ4v) is 8.00. The molecule has 0 saturated heterocycles. The second-order valence-corrected chi connectivity index (χ2v) is 12.0. The van der Waals surface area contributed by atoms with Crippen molar-refractivity contribution in [3.8, 4) is 0 Å². The Bertz CT molecular complexity index is 484. The molecule has 0 heterocycles. The van der Waals surface area contributed by atoms with Crippen LogP contribution in [0.5, 0.6) is 0 Å². The van der Waals surface area contributed by atoms with Crippen molar-refractivity contribution >= 4 is 0 Å². The molecule has 27 heavy (non-hydrogen) atoms. The molecule has 0 aromatic rings. The zero-order valence-electron chi connectivity index (χ0n) is 18.1. The van der Waals surface area contributed by atoms with Crippen molar-refractivity contribution in [2.45, 2.75) is 117 Å². The number of hydrogen-bond donors (Lipinski definition) is 0. The minimum absolute atomic E-state index is 0.514. The van der Waals surface area contributed by atoms with Gasteiger partial charge in [0.2, 0.25) is 0 Å². The van der Waals surface area contributed by atoms with E-state index in [9.17, 15) is 0 Å². The molecule has 0 unspecified atom stereocenters. The maximum atomic E-state index is 2.47. The second kappa shape index (κ2) is 14.8. The van der Waals surface area contributed by atoms with Crippen LogP contribution in [0.25, 0.3) is 0 Å². The van der Waals surface area contributed by atoms with Gasteiger partial charge in [0.15, 0.2) is 0 Å². The Morgan fingerprint density at radius 1 is 0.593 bits per heavy atom. The molecule has 1 heteroatoms. The molecule has 0 N–H and O–H groups in total. The van der Waals surface area contributed by atoms with Crippen LogP contribution in [0.15, 0.2) is 42.0 Å². The molecule has 0 radical (unpaired) electrons. The summed E-state index contributed by atoms with van der Waals surface area (Å²) in [5, 5.41) is 0. The van der Waals surface area contributed by atoms with Crippen LogP contribution in [0, 0.1) is 0 Å². The summed E-state index contributed by atoms with van der Waals surface area (Å²) in [5.41, 5.74) is 3.49. The van der Waals surface area contributed by atoms with Crippen LogP contribution in [0.3, 0.4) is 0 Å². The molecule has 0 aliphatic heterocycles. The van der Waals surface area contributed by atoms with E-state index < -0.39 is 23.2 Å². The van der Waals surface area contributed by atoms with Gasteiger partial charge in [-0.3, -0.25) is 0 Å². The van der Waals surface area contributed by atoms with E-state index in [0.29, 0.717) is 0 Å². The summed E-state index contributed by atoms with van der Waals surface area (Å²) >= 11 is -0.514. The zero-order chi connectivity index (χ0) is 19.2. The first-order valence-corrected chi connectivity index (χ1v) is 14.3. The molecule has 2 aliphatic rings. The quantitative estimate of drug-likeness (QED) is 0.208. The molecule has 0 bridgehead atoms. The molecule has 0 aromatic carbocycles. The van der Waals surface area contributed by atoms with E-state index in [1.807, 2.05) is 6.56 Å². The molecule has 0 atom stereocenters. The van der Waals surface area contributed by atoms with Crippen molar-refractivity contribution in [1.29, 1.82) is 0 Å². The standard InChI is InChI=1S/2C13H21.Zr/c2*1-2-3-4-5-6-7-10-13-11-8-9-12-13;/h2*8,11H,2-7,9-10H2,1H3;. The van der Waals surface area contributed by atoms with Crippen LogP contribution >= 0.6 is 0 Å². The van der Waals surface area contributed by atoms with Gasteiger partial charge < -0.3 is 0 Å². The minimum atomic E-state index is -0.514. The van der Waals surface area contributed by atoms with Crippen LogP contribution in [0.4, 0.5) is 0 Å². The fourth-order valence-electron chi connectivity index (χ4n) is 4.21. The van der Waals surface area contributed by atoms with Crippen molar-refractivity contribution in [3.63, 3.8) is 0 Å². The van der Waals surface area contributed by atoms with Crippen molar-refractivity contribution in [3.05, 3.63) is 42.0 Å². The van der Waals surface area contributed by atoms with E-state index in [1.54, 1.807) is 11.1 Å². The monoisotopic (exact) mass is 444 g/mol. The predicted octanol–water partition coefficient (Wildman–Crippen LogP) is 9.00. The van der Waals surface area contributed by atoms with Crippen LogP contribution in [-0.2, 0) is 23.2 Å². The van der Waals surface area contributed by atoms with E-state index in [-0.39, 0.29) is 0 Å². The van der Waals surface area contributed by atoms with Crippen LogP contribution in [0.2, 0.25) is 0 Å². The van der Waals surface area contributed by atoms with Crippen LogP contribution < -0.4 is 0 Å². The van der Waals surface area contributed by atoms with Gasteiger partial charge in [-0.2, -0.15) is 0 Å². The maximum absolute atomic E-state index is 2.47. The van der Waals surface area contributed by atoms with E-state index in [2.05, 4.69) is 38.2 Å². The first-order chi connectivity index (χ1) is 13.3. The third-order valence-electron chi connectivity index (χ3n) is 5.96. The molecule has 0 nitrogen and oxygen atoms in total. The normalized spacial score (nSPS) is 16.2. The topological polar surface area (TPSA) is 0 Å². The van der Waals surface area contributed by atoms with Crippen LogP contribution in [-0.4, -0.2) is 0 Å². The van der Waals surface area contributed by atoms with Gasteiger partial charge in [-0.25, -0.2) is 0 Å². The number of unbranched alkanes of at least 4 members (excludes halogenated alkanes) is 10. The van der Waals surface area contributed by atoms with Gasteiger partial charge >= 0.3 is 182 Å². The molecule has 0 amide bonds. The zero-order valence-corrected chi connectivity index (χ0v) is 20.6. The van der Waals surface area contributed by atoms with Crippen molar-refractivity contribution in [2.24, 2.45) is 0 Å². The van der Waals surface area contributed by atoms with Gasteiger partial charge in [0.1, 0.15) is 0 Å². The van der Waals surface area contributed by atoms with Gasteiger partial charge in [0, 0.05) is 0 Å². The molecule has 2 rings (SSSR count). The van der Waals surface area contributed by atoms with Gasteiger partial charge in [-0.05, 0) is 0 Å². The Labute approximate surface area is 181 Å². The molecule has 0 saturated carbocycles. The van der Waals surface area contributed by atoms with Gasteiger partial charge in [0.25, 0.3) is 0 Å². The summed E-state index contributed by atoms with van der Waals surface area (Å²) in [7, 11) is 0. The van der Waals surface area contributed by atoms with E-state index in [0.717, 1.165) is 0 Å². The molecule has 150 valence electrons. The van der Waals surface area contributed by atoms with E-state index >= 15 is 0 Å². The van der Waals surface area contributed by atoms with Gasteiger partial charge in [0.05, 0.1) is 0 Å². The molecule has 2 aliphatic carbocycles. The second-order valence-electron chi connectivity index (χ2n) is 8.38. The molecule has 0 fully saturated rings. The SMILES string of the molecule is CCCCCCCCC1=[C]([Zr][C]2=C(CCCCCCCC)C=CC2)CC=C1. The summed E-state index contributed by atoms with van der Waals surface area (Å²) < 4.78 is 3.79. The van der Waals surface area contributed by atoms with Crippen molar-refractivity contribution in [1.82, 2.24) is 0 Å². The molecular formula is C26H42Zr. The van der Waals surface area contributed by atoms with E-state index in [1.165, 1.54) is 103 Å². The van der Waals surface area contributed by atoms with Crippen molar-refractivity contribution < 1.29 is 23.2 Å². The third-order valence-corrected chi connectivity index (χ3v) is 10.0. The van der Waals surface area contributed by atoms with E-state index in [4.69, 9.17) is 0 Å². The Kier molecular flexibility index (Phi) is 12.7. The average Bonchev–Trinajstić information content (AvgIpc) is 3.31. The first-order valence-electron chi connectivity index (χ1n) is 11.9. The summed E-state index contributed by atoms with van der Waals surface area (Å²) in [6, 6.07) is 0. The Balaban J connectivity index is 1.73. The number of rotatable bonds is 16. The number of hydrogen-bond acceptors (Lipinski definition) is 0. The fraction of sp³-hybridized carbons (Fsp3) is 0.692. The Morgan fingerprint density at radius 3 is 1.44 bits per heavy atom. The Morgan fingerprint density at radius 2 is 1.00 bits per heavy atom. The summed E-state index contributed by atoms with van der Waals surface area (Å²) in [4.78, 5) is 0. The predicted molar refractivity (Wildman–Crippen MR) is 118 cm³/mol. The average molecular weight is 446 g/mol. The van der Waals surface area contributed by atoms with Crippen molar-refractivity contribution in [2.75, 3.05) is 0 Å². The van der Waals surface area contributed by atoms with Crippen LogP contribution in [0.1, 0.15) is 117 Å². The van der Waals surface area contributed by atoms with Gasteiger partial charge in [-0.1, -0.05) is 0 Å². The summed E-state index contributed by atoms with van der Waals surface area (Å²) in [5.74, 6) is 0. The number of allylic oxidation sites excluding steroid dienone is 8. The molecule has 0 spiro atoms. The first kappa shape index (κ1) is 23.1. The molecule has 0 aromatic heterocycles. The molecular weight excluding hydrogens is 404 g/mol. The Hall–Kier alpha value is -0.157. The third kappa shape index (κ3) is 9.25. The van der Waals surface area contributed by atoms with Gasteiger partial charge in [-0.15, -0.1) is 0 Å². The summed E-state index contributed by atoms with van der Waals surface area (Å²) in [6.45, 7) is 4.61.